The van der Waals surface area contributed by atoms with Crippen LogP contribution in [-0.4, -0.2) is 88.4 Å². The number of benzene rings is 1. The summed E-state index contributed by atoms with van der Waals surface area (Å²) in [6.07, 6.45) is -1.82. The van der Waals surface area contributed by atoms with Crippen molar-refractivity contribution in [3.63, 3.8) is 0 Å². The largest absolute Gasteiger partial charge is 0.508 e. The number of aliphatic hydroxyl groups is 1. The average Bonchev–Trinajstić information content (AvgIpc) is 3.37. The number of phenols is 1. The molecular weight excluding hydrogens is 533 g/mol. The van der Waals surface area contributed by atoms with Gasteiger partial charge >= 0.3 is 12.1 Å². The molecule has 1 saturated heterocycles. The molecule has 0 bridgehead atoms. The van der Waals surface area contributed by atoms with Crippen molar-refractivity contribution in [3.05, 3.63) is 48.2 Å². The van der Waals surface area contributed by atoms with Gasteiger partial charge in [-0.1, -0.05) is 12.1 Å². The van der Waals surface area contributed by atoms with Crippen LogP contribution >= 0.6 is 0 Å². The number of pyridine rings is 1. The van der Waals surface area contributed by atoms with Crippen LogP contribution in [-0.2, 0) is 16.0 Å². The molecule has 14 heteroatoms. The molecule has 0 radical (unpaired) electrons. The summed E-state index contributed by atoms with van der Waals surface area (Å²) in [6.45, 7) is 4.37. The zero-order chi connectivity index (χ0) is 28.7. The van der Waals surface area contributed by atoms with Crippen molar-refractivity contribution in [3.8, 4) is 17.0 Å². The van der Waals surface area contributed by atoms with E-state index in [4.69, 9.17) is 29.7 Å². The van der Waals surface area contributed by atoms with Crippen molar-refractivity contribution in [1.29, 1.82) is 0 Å². The number of nitrogens with zero attached hydrogens (tertiary/aromatic N) is 5. The number of alkyl halides is 3. The topological polar surface area (TPSA) is 144 Å². The molecule has 2 aliphatic heterocycles. The lowest BCUT2D eigenvalue weighted by molar-refractivity contribution is -0.192. The van der Waals surface area contributed by atoms with Gasteiger partial charge in [0.05, 0.1) is 18.9 Å². The number of carboxylic acids is 1. The number of aliphatic hydroxyl groups excluding tert-OH is 1. The zero-order valence-corrected chi connectivity index (χ0v) is 21.4. The summed E-state index contributed by atoms with van der Waals surface area (Å²) in [6, 6.07) is 11.2. The summed E-state index contributed by atoms with van der Waals surface area (Å²) >= 11 is 0. The lowest BCUT2D eigenvalue weighted by Gasteiger charge is -2.28. The van der Waals surface area contributed by atoms with Crippen LogP contribution in [0.5, 0.6) is 5.75 Å². The Bertz CT molecular complexity index is 1320. The van der Waals surface area contributed by atoms with E-state index in [0.29, 0.717) is 32.1 Å². The Morgan fingerprint density at radius 2 is 1.85 bits per heavy atom. The number of carbonyl (C=O) groups is 1. The van der Waals surface area contributed by atoms with Crippen molar-refractivity contribution in [2.75, 3.05) is 61.1 Å². The lowest BCUT2D eigenvalue weighted by atomic mass is 10.1. The maximum absolute atomic E-state index is 10.6. The third-order valence-corrected chi connectivity index (χ3v) is 6.17. The third-order valence-electron chi connectivity index (χ3n) is 6.17. The molecule has 40 heavy (non-hydrogen) atoms. The number of hydrogen-bond donors (Lipinski definition) is 4. The van der Waals surface area contributed by atoms with Crippen LogP contribution in [0, 0.1) is 0 Å². The predicted octanol–water partition coefficient (Wildman–Crippen LogP) is 3.20. The average molecular weight is 563 g/mol. The fraction of sp³-hybridized carbons (Fsp3) is 0.385. The van der Waals surface area contributed by atoms with E-state index in [-0.39, 0.29) is 12.4 Å². The number of ether oxygens (including phenoxy) is 1. The molecule has 0 spiro atoms. The fourth-order valence-electron chi connectivity index (χ4n) is 4.27. The Morgan fingerprint density at radius 1 is 1.10 bits per heavy atom. The van der Waals surface area contributed by atoms with Crippen LogP contribution in [0.1, 0.15) is 12.0 Å². The van der Waals surface area contributed by atoms with Crippen LogP contribution < -0.4 is 15.1 Å². The van der Waals surface area contributed by atoms with E-state index in [0.717, 1.165) is 60.2 Å². The van der Waals surface area contributed by atoms with E-state index >= 15 is 0 Å². The molecule has 0 amide bonds. The summed E-state index contributed by atoms with van der Waals surface area (Å²) in [5, 5.41) is 29.5. The van der Waals surface area contributed by atoms with Crippen LogP contribution in [0.4, 0.5) is 36.4 Å². The van der Waals surface area contributed by atoms with Crippen molar-refractivity contribution in [1.82, 2.24) is 15.0 Å². The standard InChI is InChI=1S/C24H28N6O3.C2HF3O2/c31-12-2-7-25-21-16-18(5-8-26-21)30-9-6-20-22(17-3-1-4-19(32)15-17)27-24(28-23(20)30)29-10-13-33-14-11-29;3-2(4,5)1(6)7/h1,3-5,8,15-16,31-32H,2,6-7,9-14H2,(H,25,26);(H,6,7). The molecule has 0 unspecified atom stereocenters. The van der Waals surface area contributed by atoms with E-state index < -0.39 is 12.1 Å². The van der Waals surface area contributed by atoms with E-state index in [9.17, 15) is 18.3 Å². The van der Waals surface area contributed by atoms with Crippen LogP contribution in [0.3, 0.4) is 0 Å². The van der Waals surface area contributed by atoms with Gasteiger partial charge in [0.25, 0.3) is 0 Å². The Kier molecular flexibility index (Phi) is 9.22. The maximum Gasteiger partial charge on any atom is 0.490 e. The Labute approximate surface area is 227 Å². The highest BCUT2D eigenvalue weighted by Gasteiger charge is 2.38. The second kappa shape index (κ2) is 12.8. The molecule has 5 rings (SSSR count). The molecule has 11 nitrogen and oxygen atoms in total. The first-order valence-corrected chi connectivity index (χ1v) is 12.6. The minimum atomic E-state index is -5.08. The third kappa shape index (κ3) is 7.07. The number of halogens is 3. The first-order chi connectivity index (χ1) is 19.2. The number of morpholine rings is 1. The number of rotatable bonds is 7. The van der Waals surface area contributed by atoms with E-state index in [2.05, 4.69) is 20.1 Å². The molecule has 4 N–H and O–H groups in total. The number of fused-ring (bicyclic) bond motifs is 1. The molecule has 4 heterocycles. The normalized spacial score (nSPS) is 14.8. The molecule has 3 aromatic rings. The van der Waals surface area contributed by atoms with Crippen LogP contribution in [0.2, 0.25) is 0 Å². The van der Waals surface area contributed by atoms with Gasteiger partial charge in [-0.15, -0.1) is 0 Å². The van der Waals surface area contributed by atoms with E-state index in [1.807, 2.05) is 24.3 Å². The van der Waals surface area contributed by atoms with Gasteiger partial charge in [-0.25, -0.2) is 14.8 Å². The van der Waals surface area contributed by atoms with Gasteiger partial charge in [0.2, 0.25) is 5.95 Å². The number of hydrogen-bond acceptors (Lipinski definition) is 10. The van der Waals surface area contributed by atoms with E-state index in [1.165, 1.54) is 0 Å². The van der Waals surface area contributed by atoms with Crippen molar-refractivity contribution in [2.45, 2.75) is 19.0 Å². The number of anilines is 4. The number of aromatic hydroxyl groups is 1. The van der Waals surface area contributed by atoms with Crippen molar-refractivity contribution < 1.29 is 38.0 Å². The molecule has 1 fully saturated rings. The second-order valence-electron chi connectivity index (χ2n) is 8.93. The monoisotopic (exact) mass is 562 g/mol. The van der Waals surface area contributed by atoms with Gasteiger partial charge in [0.1, 0.15) is 17.4 Å². The highest BCUT2D eigenvalue weighted by molar-refractivity contribution is 5.78. The Morgan fingerprint density at radius 3 is 2.52 bits per heavy atom. The quantitative estimate of drug-likeness (QED) is 0.315. The molecule has 0 saturated carbocycles. The summed E-state index contributed by atoms with van der Waals surface area (Å²) in [7, 11) is 0. The first-order valence-electron chi connectivity index (χ1n) is 12.6. The van der Waals surface area contributed by atoms with Gasteiger partial charge in [-0.05, 0) is 31.0 Å². The fourth-order valence-corrected chi connectivity index (χ4v) is 4.27. The van der Waals surface area contributed by atoms with Gasteiger partial charge in [-0.2, -0.15) is 18.2 Å². The number of aromatic nitrogens is 3. The summed E-state index contributed by atoms with van der Waals surface area (Å²) in [5.74, 6) is -0.206. The molecule has 1 aromatic carbocycles. The summed E-state index contributed by atoms with van der Waals surface area (Å²) in [4.78, 5) is 27.6. The minimum Gasteiger partial charge on any atom is -0.508 e. The smallest absolute Gasteiger partial charge is 0.490 e. The number of phenolic OH excluding ortho intramolecular Hbond substituents is 1. The van der Waals surface area contributed by atoms with Crippen LogP contribution in [0.15, 0.2) is 42.6 Å². The predicted molar refractivity (Wildman–Crippen MR) is 141 cm³/mol. The first kappa shape index (κ1) is 28.8. The van der Waals surface area contributed by atoms with Crippen LogP contribution in [0.25, 0.3) is 11.3 Å². The van der Waals surface area contributed by atoms with Crippen molar-refractivity contribution >= 4 is 29.2 Å². The summed E-state index contributed by atoms with van der Waals surface area (Å²) in [5.41, 5.74) is 3.81. The molecule has 0 atom stereocenters. The van der Waals surface area contributed by atoms with Gasteiger partial charge < -0.3 is 35.2 Å². The van der Waals surface area contributed by atoms with Gasteiger partial charge in [0, 0.05) is 61.9 Å². The highest BCUT2D eigenvalue weighted by Crippen LogP contribution is 2.40. The highest BCUT2D eigenvalue weighted by atomic mass is 19.4. The molecule has 2 aromatic heterocycles. The maximum atomic E-state index is 10.6. The van der Waals surface area contributed by atoms with Crippen molar-refractivity contribution in [2.24, 2.45) is 0 Å². The number of aliphatic carboxylic acids is 1. The summed E-state index contributed by atoms with van der Waals surface area (Å²) < 4.78 is 37.3. The SMILES string of the molecule is O=C(O)C(F)(F)F.OCCCNc1cc(N2CCc3c(-c4cccc(O)c4)nc(N4CCOCC4)nc32)ccn1. The molecule has 2 aliphatic rings. The van der Waals surface area contributed by atoms with Gasteiger partial charge in [0.15, 0.2) is 0 Å². The molecular formula is C26H29F3N6O5. The van der Waals surface area contributed by atoms with E-state index in [1.54, 1.807) is 18.3 Å². The Balaban J connectivity index is 0.000000470. The minimum absolute atomic E-state index is 0.144. The van der Waals surface area contributed by atoms with Gasteiger partial charge in [-0.3, -0.25) is 0 Å². The Hall–Kier alpha value is -4.17. The number of nitrogens with one attached hydrogen (secondary N) is 1. The zero-order valence-electron chi connectivity index (χ0n) is 21.4. The second-order valence-corrected chi connectivity index (χ2v) is 8.93. The number of carboxylic acid groups (broad SMARTS) is 1. The molecule has 0 aliphatic carbocycles. The molecule has 214 valence electrons. The lowest BCUT2D eigenvalue weighted by Crippen LogP contribution is -2.37.